The molecule has 1 aliphatic rings. The van der Waals surface area contributed by atoms with Crippen molar-refractivity contribution in [3.05, 3.63) is 86.2 Å². The number of thiophene rings is 1. The zero-order valence-corrected chi connectivity index (χ0v) is 25.8. The number of hydrogen-bond donors (Lipinski definition) is 2. The van der Waals surface area contributed by atoms with Crippen LogP contribution in [-0.2, 0) is 4.79 Å². The number of halogens is 2. The Morgan fingerprint density at radius 3 is 2.45 bits per heavy atom. The van der Waals surface area contributed by atoms with Gasteiger partial charge in [-0.1, -0.05) is 35.6 Å². The van der Waals surface area contributed by atoms with Crippen molar-refractivity contribution in [3.63, 3.8) is 0 Å². The topological polar surface area (TPSA) is 111 Å². The highest BCUT2D eigenvalue weighted by Gasteiger charge is 2.32. The van der Waals surface area contributed by atoms with Crippen LogP contribution in [0.2, 0.25) is 5.02 Å². The van der Waals surface area contributed by atoms with Crippen molar-refractivity contribution in [2.75, 3.05) is 13.1 Å². The molecule has 0 fully saturated rings. The fourth-order valence-corrected chi connectivity index (χ4v) is 5.83. The van der Waals surface area contributed by atoms with E-state index < -0.39 is 6.04 Å². The molecule has 1 aromatic carbocycles. The first kappa shape index (κ1) is 31.1. The standard InChI is InChI=1S/C31H29ClN6O2S.ClH/c1-19-20(2)41-31-28(19)29(22-10-12-23(32)13-11-22)35-26(30-37-36-21(3)38(30)31)18-27(39)34-17-7-5-9-25-15-14-24(40-25)8-4-6-16-33;/h10-15,26H,6-7,16-18,33H2,1-3H3,(H,34,39);1H/t26-;/m0./s1. The van der Waals surface area contributed by atoms with Gasteiger partial charge in [0.1, 0.15) is 16.9 Å². The number of fused-ring (bicyclic) bond motifs is 3. The summed E-state index contributed by atoms with van der Waals surface area (Å²) in [7, 11) is 0. The quantitative estimate of drug-likeness (QED) is 0.219. The SMILES string of the molecule is Cc1sc2c(c1C)C(c1ccc(Cl)cc1)=N[C@@H](CC(=O)NCCC#Cc1ccc(C#CCCN)o1)c1nnc(C)n1-2.Cl. The van der Waals surface area contributed by atoms with E-state index in [4.69, 9.17) is 26.7 Å². The second kappa shape index (κ2) is 13.9. The van der Waals surface area contributed by atoms with E-state index in [9.17, 15) is 4.79 Å². The van der Waals surface area contributed by atoms with E-state index in [-0.39, 0.29) is 24.7 Å². The zero-order valence-electron chi connectivity index (χ0n) is 23.5. The second-order valence-electron chi connectivity index (χ2n) is 9.51. The molecule has 1 amide bonds. The highest BCUT2D eigenvalue weighted by molar-refractivity contribution is 7.15. The van der Waals surface area contributed by atoms with Gasteiger partial charge in [0.2, 0.25) is 5.91 Å². The first-order valence-electron chi connectivity index (χ1n) is 13.3. The predicted octanol–water partition coefficient (Wildman–Crippen LogP) is 5.46. The third-order valence-corrected chi connectivity index (χ3v) is 8.05. The van der Waals surface area contributed by atoms with Crippen LogP contribution in [-0.4, -0.2) is 39.5 Å². The Labute approximate surface area is 260 Å². The number of hydrogen-bond acceptors (Lipinski definition) is 7. The molecule has 1 aliphatic heterocycles. The van der Waals surface area contributed by atoms with E-state index in [0.717, 1.165) is 33.2 Å². The van der Waals surface area contributed by atoms with Crippen LogP contribution in [0.5, 0.6) is 0 Å². The number of nitrogens with one attached hydrogen (secondary N) is 1. The number of carbonyl (C=O) groups excluding carboxylic acids is 1. The third-order valence-electron chi connectivity index (χ3n) is 6.61. The molecule has 0 aliphatic carbocycles. The summed E-state index contributed by atoms with van der Waals surface area (Å²) in [4.78, 5) is 19.4. The predicted molar refractivity (Wildman–Crippen MR) is 169 cm³/mol. The molecule has 3 N–H and O–H groups in total. The molecule has 0 saturated heterocycles. The molecule has 0 unspecified atom stereocenters. The molecule has 1 atom stereocenters. The number of rotatable bonds is 6. The summed E-state index contributed by atoms with van der Waals surface area (Å²) >= 11 is 7.86. The van der Waals surface area contributed by atoms with Gasteiger partial charge in [0.05, 0.1) is 12.1 Å². The largest absolute Gasteiger partial charge is 0.439 e. The average molecular weight is 622 g/mol. The van der Waals surface area contributed by atoms with Gasteiger partial charge < -0.3 is 15.5 Å². The smallest absolute Gasteiger partial charge is 0.222 e. The molecule has 11 heteroatoms. The van der Waals surface area contributed by atoms with Gasteiger partial charge in [-0.15, -0.1) is 33.9 Å². The number of benzene rings is 1. The number of carbonyl (C=O) groups is 1. The van der Waals surface area contributed by atoms with E-state index in [1.807, 2.05) is 35.8 Å². The highest BCUT2D eigenvalue weighted by Crippen LogP contribution is 2.39. The van der Waals surface area contributed by atoms with E-state index in [1.165, 1.54) is 4.88 Å². The first-order valence-corrected chi connectivity index (χ1v) is 14.5. The van der Waals surface area contributed by atoms with Gasteiger partial charge >= 0.3 is 0 Å². The maximum atomic E-state index is 13.1. The molecule has 3 aromatic heterocycles. The second-order valence-corrected chi connectivity index (χ2v) is 11.2. The Morgan fingerprint density at radius 2 is 1.76 bits per heavy atom. The van der Waals surface area contributed by atoms with Crippen LogP contribution in [0.4, 0.5) is 0 Å². The molecular weight excluding hydrogens is 591 g/mol. The van der Waals surface area contributed by atoms with Crippen molar-refractivity contribution in [1.82, 2.24) is 20.1 Å². The van der Waals surface area contributed by atoms with Crippen LogP contribution in [0.25, 0.3) is 5.00 Å². The summed E-state index contributed by atoms with van der Waals surface area (Å²) in [6, 6.07) is 10.7. The Bertz CT molecular complexity index is 1750. The van der Waals surface area contributed by atoms with Gasteiger partial charge in [0, 0.05) is 47.0 Å². The van der Waals surface area contributed by atoms with E-state index in [0.29, 0.717) is 48.3 Å². The molecule has 5 rings (SSSR count). The molecule has 8 nitrogen and oxygen atoms in total. The summed E-state index contributed by atoms with van der Waals surface area (Å²) in [6.07, 6.45) is 1.20. The van der Waals surface area contributed by atoms with Crippen LogP contribution in [0, 0.1) is 44.5 Å². The van der Waals surface area contributed by atoms with Crippen LogP contribution in [0.1, 0.15) is 70.0 Å². The monoisotopic (exact) mass is 620 g/mol. The van der Waals surface area contributed by atoms with Crippen molar-refractivity contribution < 1.29 is 9.21 Å². The van der Waals surface area contributed by atoms with Gasteiger partial charge in [0.15, 0.2) is 17.3 Å². The molecular formula is C31H30Cl2N6O2S. The van der Waals surface area contributed by atoms with Crippen molar-refractivity contribution in [2.24, 2.45) is 10.7 Å². The molecule has 0 bridgehead atoms. The summed E-state index contributed by atoms with van der Waals surface area (Å²) in [6.45, 7) is 7.03. The number of aromatic nitrogens is 3. The summed E-state index contributed by atoms with van der Waals surface area (Å²) in [5, 5.41) is 13.4. The Morgan fingerprint density at radius 1 is 1.07 bits per heavy atom. The number of nitrogens with two attached hydrogens (primary N) is 1. The molecule has 4 heterocycles. The number of aliphatic imine (C=N–C) groups is 1. The number of furan rings is 1. The van der Waals surface area contributed by atoms with E-state index in [1.54, 1.807) is 23.5 Å². The minimum Gasteiger partial charge on any atom is -0.439 e. The number of amides is 1. The third kappa shape index (κ3) is 6.78. The number of aryl methyl sites for hydroxylation is 2. The molecule has 0 saturated carbocycles. The lowest BCUT2D eigenvalue weighted by Gasteiger charge is -2.13. The van der Waals surface area contributed by atoms with Crippen molar-refractivity contribution >= 4 is 47.0 Å². The van der Waals surface area contributed by atoms with Gasteiger partial charge in [-0.25, -0.2) is 0 Å². The molecule has 0 radical (unpaired) electrons. The fourth-order valence-electron chi connectivity index (χ4n) is 4.49. The fraction of sp³-hybridized carbons (Fsp3) is 0.290. The van der Waals surface area contributed by atoms with Gasteiger partial charge in [0.25, 0.3) is 0 Å². The lowest BCUT2D eigenvalue weighted by atomic mass is 9.99. The van der Waals surface area contributed by atoms with Gasteiger partial charge in [-0.3, -0.25) is 14.4 Å². The summed E-state index contributed by atoms with van der Waals surface area (Å²) in [5.74, 6) is 14.2. The van der Waals surface area contributed by atoms with Crippen LogP contribution in [0.15, 0.2) is 45.8 Å². The molecule has 0 spiro atoms. The van der Waals surface area contributed by atoms with Crippen molar-refractivity contribution in [3.8, 4) is 28.7 Å². The zero-order chi connectivity index (χ0) is 28.9. The van der Waals surface area contributed by atoms with Crippen LogP contribution in [0.3, 0.4) is 0 Å². The molecule has 216 valence electrons. The summed E-state index contributed by atoms with van der Waals surface area (Å²) in [5.41, 5.74) is 9.38. The van der Waals surface area contributed by atoms with E-state index >= 15 is 0 Å². The van der Waals surface area contributed by atoms with Crippen LogP contribution >= 0.6 is 35.3 Å². The van der Waals surface area contributed by atoms with Crippen molar-refractivity contribution in [1.29, 1.82) is 0 Å². The molecule has 4 aromatic rings. The number of nitrogens with zero attached hydrogens (tertiary/aromatic N) is 4. The minimum absolute atomic E-state index is 0. The lowest BCUT2D eigenvalue weighted by molar-refractivity contribution is -0.121. The van der Waals surface area contributed by atoms with E-state index in [2.05, 4.69) is 53.0 Å². The normalized spacial score (nSPS) is 13.3. The van der Waals surface area contributed by atoms with Crippen molar-refractivity contribution in [2.45, 2.75) is 46.1 Å². The highest BCUT2D eigenvalue weighted by atomic mass is 35.5. The summed E-state index contributed by atoms with van der Waals surface area (Å²) < 4.78 is 7.62. The maximum absolute atomic E-state index is 13.1. The minimum atomic E-state index is -0.519. The van der Waals surface area contributed by atoms with Gasteiger partial charge in [-0.2, -0.15) is 0 Å². The van der Waals surface area contributed by atoms with Crippen LogP contribution < -0.4 is 11.1 Å². The first-order chi connectivity index (χ1) is 19.9. The Hall–Kier alpha value is -3.86. The molecule has 42 heavy (non-hydrogen) atoms. The maximum Gasteiger partial charge on any atom is 0.222 e. The lowest BCUT2D eigenvalue weighted by Crippen LogP contribution is -2.26. The Balaban J connectivity index is 0.00000405. The van der Waals surface area contributed by atoms with Gasteiger partial charge in [-0.05, 0) is 62.4 Å². The average Bonchev–Trinajstić information content (AvgIpc) is 3.62. The Kier molecular flexibility index (Phi) is 10.3.